The standard InChI is InChI=1S/C19H20FN3.ClH/c1-4-5-17(23-15-8-6-14(20)7-9-15)19-18-16(10-11-21-19)12(2)13(3)22-18;/h4,6-11,17,22-23H,1,5H2,2-3H3;1H. The molecule has 0 amide bonds. The molecule has 0 saturated carbocycles. The van der Waals surface area contributed by atoms with Crippen molar-refractivity contribution in [3.05, 3.63) is 72.0 Å². The van der Waals surface area contributed by atoms with E-state index in [0.717, 1.165) is 29.0 Å². The van der Waals surface area contributed by atoms with Crippen molar-refractivity contribution in [2.75, 3.05) is 5.32 Å². The third-order valence-electron chi connectivity index (χ3n) is 4.18. The average Bonchev–Trinajstić information content (AvgIpc) is 2.84. The van der Waals surface area contributed by atoms with Gasteiger partial charge in [0.05, 0.1) is 17.3 Å². The van der Waals surface area contributed by atoms with Gasteiger partial charge < -0.3 is 10.3 Å². The highest BCUT2D eigenvalue weighted by Gasteiger charge is 2.17. The minimum Gasteiger partial charge on any atom is -0.376 e. The first-order valence-electron chi connectivity index (χ1n) is 7.67. The zero-order valence-corrected chi connectivity index (χ0v) is 14.6. The maximum Gasteiger partial charge on any atom is 0.123 e. The summed E-state index contributed by atoms with van der Waals surface area (Å²) in [5.74, 6) is -0.244. The second-order valence-corrected chi connectivity index (χ2v) is 5.72. The van der Waals surface area contributed by atoms with Crippen LogP contribution < -0.4 is 5.32 Å². The van der Waals surface area contributed by atoms with Crippen LogP contribution in [0.15, 0.2) is 49.2 Å². The van der Waals surface area contributed by atoms with Crippen LogP contribution in [0.2, 0.25) is 0 Å². The summed E-state index contributed by atoms with van der Waals surface area (Å²) < 4.78 is 13.1. The Kier molecular flexibility index (Phi) is 5.62. The summed E-state index contributed by atoms with van der Waals surface area (Å²) in [5.41, 5.74) is 5.24. The molecule has 2 aromatic heterocycles. The first-order chi connectivity index (χ1) is 11.1. The summed E-state index contributed by atoms with van der Waals surface area (Å²) in [6.45, 7) is 8.02. The van der Waals surface area contributed by atoms with Crippen LogP contribution in [0.1, 0.15) is 29.4 Å². The quantitative estimate of drug-likeness (QED) is 0.602. The number of fused-ring (bicyclic) bond motifs is 1. The smallest absolute Gasteiger partial charge is 0.123 e. The van der Waals surface area contributed by atoms with Crippen molar-refractivity contribution in [1.82, 2.24) is 9.97 Å². The minimum absolute atomic E-state index is 0. The number of rotatable bonds is 5. The first-order valence-corrected chi connectivity index (χ1v) is 7.67. The second-order valence-electron chi connectivity index (χ2n) is 5.72. The molecular formula is C19H21ClFN3. The van der Waals surface area contributed by atoms with E-state index >= 15 is 0 Å². The predicted octanol–water partition coefficient (Wildman–Crippen LogP) is 5.47. The molecular weight excluding hydrogens is 325 g/mol. The Hall–Kier alpha value is -2.33. The lowest BCUT2D eigenvalue weighted by Crippen LogP contribution is -2.12. The van der Waals surface area contributed by atoms with Gasteiger partial charge in [-0.1, -0.05) is 6.08 Å². The molecule has 0 fully saturated rings. The number of nitrogens with zero attached hydrogens (tertiary/aromatic N) is 1. The molecule has 2 heterocycles. The van der Waals surface area contributed by atoms with Crippen LogP contribution in [0.4, 0.5) is 10.1 Å². The van der Waals surface area contributed by atoms with Gasteiger partial charge in [0.2, 0.25) is 0 Å². The highest BCUT2D eigenvalue weighted by atomic mass is 35.5. The van der Waals surface area contributed by atoms with E-state index in [9.17, 15) is 4.39 Å². The van der Waals surface area contributed by atoms with Gasteiger partial charge in [-0.25, -0.2) is 4.39 Å². The number of nitrogens with one attached hydrogen (secondary N) is 2. The molecule has 1 aromatic carbocycles. The number of H-pyrrole nitrogens is 1. The number of benzene rings is 1. The lowest BCUT2D eigenvalue weighted by atomic mass is 10.1. The van der Waals surface area contributed by atoms with Crippen molar-refractivity contribution >= 4 is 29.0 Å². The van der Waals surface area contributed by atoms with Gasteiger partial charge in [-0.2, -0.15) is 0 Å². The maximum absolute atomic E-state index is 13.1. The molecule has 5 heteroatoms. The molecule has 0 aliphatic carbocycles. The molecule has 1 unspecified atom stereocenters. The van der Waals surface area contributed by atoms with Gasteiger partial charge in [-0.15, -0.1) is 19.0 Å². The third kappa shape index (κ3) is 3.44. The molecule has 0 aliphatic rings. The number of aryl methyl sites for hydroxylation is 2. The molecule has 3 aromatic rings. The molecule has 3 rings (SSSR count). The SMILES string of the molecule is C=CCC(Nc1ccc(F)cc1)c1nccc2c(C)c(C)[nH]c12.Cl. The van der Waals surface area contributed by atoms with Gasteiger partial charge >= 0.3 is 0 Å². The molecule has 0 radical (unpaired) electrons. The number of aromatic amines is 1. The Morgan fingerprint density at radius 2 is 1.96 bits per heavy atom. The highest BCUT2D eigenvalue weighted by Crippen LogP contribution is 2.30. The number of hydrogen-bond donors (Lipinski definition) is 2. The summed E-state index contributed by atoms with van der Waals surface area (Å²) in [7, 11) is 0. The number of anilines is 1. The van der Waals surface area contributed by atoms with E-state index in [1.165, 1.54) is 23.1 Å². The van der Waals surface area contributed by atoms with Crippen LogP contribution in [-0.2, 0) is 0 Å². The molecule has 0 saturated heterocycles. The van der Waals surface area contributed by atoms with E-state index in [4.69, 9.17) is 0 Å². The van der Waals surface area contributed by atoms with Crippen LogP contribution in [0.25, 0.3) is 10.9 Å². The van der Waals surface area contributed by atoms with Gasteiger partial charge in [-0.05, 0) is 56.2 Å². The second kappa shape index (κ2) is 7.49. The number of hydrogen-bond acceptors (Lipinski definition) is 2. The summed E-state index contributed by atoms with van der Waals surface area (Å²) in [4.78, 5) is 8.01. The van der Waals surface area contributed by atoms with Gasteiger partial charge in [0.25, 0.3) is 0 Å². The fraction of sp³-hybridized carbons (Fsp3) is 0.211. The molecule has 24 heavy (non-hydrogen) atoms. The van der Waals surface area contributed by atoms with Gasteiger partial charge in [0.1, 0.15) is 5.82 Å². The zero-order valence-electron chi connectivity index (χ0n) is 13.8. The van der Waals surface area contributed by atoms with Gasteiger partial charge in [0.15, 0.2) is 0 Å². The monoisotopic (exact) mass is 345 g/mol. The lowest BCUT2D eigenvalue weighted by Gasteiger charge is -2.19. The van der Waals surface area contributed by atoms with Crippen molar-refractivity contribution in [2.24, 2.45) is 0 Å². The van der Waals surface area contributed by atoms with Crippen LogP contribution in [0, 0.1) is 19.7 Å². The fourth-order valence-corrected chi connectivity index (χ4v) is 2.82. The Balaban J connectivity index is 0.00000208. The van der Waals surface area contributed by atoms with E-state index in [1.54, 1.807) is 12.1 Å². The van der Waals surface area contributed by atoms with Crippen LogP contribution in [-0.4, -0.2) is 9.97 Å². The van der Waals surface area contributed by atoms with Crippen LogP contribution in [0.3, 0.4) is 0 Å². The topological polar surface area (TPSA) is 40.7 Å². The Bertz CT molecular complexity index is 840. The highest BCUT2D eigenvalue weighted by molar-refractivity contribution is 5.86. The van der Waals surface area contributed by atoms with Gasteiger partial charge in [-0.3, -0.25) is 4.98 Å². The summed E-state index contributed by atoms with van der Waals surface area (Å²) in [5, 5.41) is 4.61. The van der Waals surface area contributed by atoms with Crippen molar-refractivity contribution in [2.45, 2.75) is 26.3 Å². The molecule has 0 bridgehead atoms. The minimum atomic E-state index is -0.244. The number of halogens is 2. The van der Waals surface area contributed by atoms with Crippen molar-refractivity contribution in [3.63, 3.8) is 0 Å². The van der Waals surface area contributed by atoms with Gasteiger partial charge in [0, 0.05) is 23.0 Å². The zero-order chi connectivity index (χ0) is 16.4. The fourth-order valence-electron chi connectivity index (χ4n) is 2.82. The van der Waals surface area contributed by atoms with Crippen LogP contribution >= 0.6 is 12.4 Å². The molecule has 126 valence electrons. The largest absolute Gasteiger partial charge is 0.376 e. The Labute approximate surface area is 147 Å². The molecule has 2 N–H and O–H groups in total. The third-order valence-corrected chi connectivity index (χ3v) is 4.18. The molecule has 3 nitrogen and oxygen atoms in total. The van der Waals surface area contributed by atoms with E-state index in [-0.39, 0.29) is 24.3 Å². The van der Waals surface area contributed by atoms with E-state index in [0.29, 0.717) is 0 Å². The van der Waals surface area contributed by atoms with E-state index < -0.39 is 0 Å². The summed E-state index contributed by atoms with van der Waals surface area (Å²) in [6.07, 6.45) is 4.42. The van der Waals surface area contributed by atoms with Crippen molar-refractivity contribution in [1.29, 1.82) is 0 Å². The van der Waals surface area contributed by atoms with Crippen LogP contribution in [0.5, 0.6) is 0 Å². The number of pyridine rings is 1. The van der Waals surface area contributed by atoms with Crippen molar-refractivity contribution < 1.29 is 4.39 Å². The van der Waals surface area contributed by atoms with E-state index in [1.807, 2.05) is 18.3 Å². The Morgan fingerprint density at radius 1 is 1.25 bits per heavy atom. The molecule has 0 spiro atoms. The first kappa shape index (κ1) is 18.0. The number of aromatic nitrogens is 2. The summed E-state index contributed by atoms with van der Waals surface area (Å²) >= 11 is 0. The predicted molar refractivity (Wildman–Crippen MR) is 100 cm³/mol. The molecule has 1 atom stereocenters. The Morgan fingerprint density at radius 3 is 2.62 bits per heavy atom. The lowest BCUT2D eigenvalue weighted by molar-refractivity contribution is 0.627. The normalized spacial score (nSPS) is 11.8. The maximum atomic E-state index is 13.1. The van der Waals surface area contributed by atoms with E-state index in [2.05, 4.69) is 35.7 Å². The molecule has 0 aliphatic heterocycles. The summed E-state index contributed by atoms with van der Waals surface area (Å²) in [6, 6.07) is 8.36. The van der Waals surface area contributed by atoms with Crippen molar-refractivity contribution in [3.8, 4) is 0 Å². The average molecular weight is 346 g/mol.